The Kier molecular flexibility index (Phi) is 4.34. The van der Waals surface area contributed by atoms with Gasteiger partial charge in [-0.05, 0) is 25.7 Å². The van der Waals surface area contributed by atoms with Gasteiger partial charge in [-0.3, -0.25) is 0 Å². The van der Waals surface area contributed by atoms with E-state index in [2.05, 4.69) is 0 Å². The van der Waals surface area contributed by atoms with E-state index in [1.807, 2.05) is 6.92 Å². The fourth-order valence-corrected chi connectivity index (χ4v) is 3.40. The second-order valence-electron chi connectivity index (χ2n) is 4.11. The summed E-state index contributed by atoms with van der Waals surface area (Å²) in [5, 5.41) is 0. The zero-order valence-electron chi connectivity index (χ0n) is 8.61. The molecular formula is C9H19NO3S. The molecule has 1 fully saturated rings. The smallest absolute Gasteiger partial charge is 0.150 e. The summed E-state index contributed by atoms with van der Waals surface area (Å²) in [7, 11) is -2.92. The Morgan fingerprint density at radius 3 is 2.79 bits per heavy atom. The monoisotopic (exact) mass is 221 g/mol. The molecule has 84 valence electrons. The topological polar surface area (TPSA) is 69.4 Å². The molecule has 1 aliphatic rings. The van der Waals surface area contributed by atoms with Crippen LogP contribution >= 0.6 is 0 Å². The third-order valence-corrected chi connectivity index (χ3v) is 4.23. The average molecular weight is 221 g/mol. The van der Waals surface area contributed by atoms with Crippen LogP contribution in [0.4, 0.5) is 0 Å². The van der Waals surface area contributed by atoms with Crippen molar-refractivity contribution >= 4 is 9.84 Å². The SMILES string of the molecule is CC(N)CCS(=O)(=O)CC1CCOC1. The Morgan fingerprint density at radius 1 is 1.57 bits per heavy atom. The van der Waals surface area contributed by atoms with Gasteiger partial charge in [0.1, 0.15) is 0 Å². The Balaban J connectivity index is 2.33. The minimum atomic E-state index is -2.92. The molecule has 4 nitrogen and oxygen atoms in total. The molecule has 2 unspecified atom stereocenters. The lowest BCUT2D eigenvalue weighted by molar-refractivity contribution is 0.188. The molecule has 0 aromatic heterocycles. The number of sulfone groups is 1. The zero-order chi connectivity index (χ0) is 10.6. The van der Waals surface area contributed by atoms with Gasteiger partial charge in [0.15, 0.2) is 9.84 Å². The van der Waals surface area contributed by atoms with Crippen molar-refractivity contribution < 1.29 is 13.2 Å². The Bertz CT molecular complexity index is 255. The van der Waals surface area contributed by atoms with Crippen LogP contribution in [0.25, 0.3) is 0 Å². The van der Waals surface area contributed by atoms with Crippen molar-refractivity contribution in [2.24, 2.45) is 11.7 Å². The van der Waals surface area contributed by atoms with Gasteiger partial charge in [-0.25, -0.2) is 8.42 Å². The zero-order valence-corrected chi connectivity index (χ0v) is 9.42. The third kappa shape index (κ3) is 4.39. The first-order chi connectivity index (χ1) is 6.49. The van der Waals surface area contributed by atoms with Crippen LogP contribution in [-0.2, 0) is 14.6 Å². The lowest BCUT2D eigenvalue weighted by atomic mass is 10.2. The molecule has 14 heavy (non-hydrogen) atoms. The van der Waals surface area contributed by atoms with Gasteiger partial charge >= 0.3 is 0 Å². The summed E-state index contributed by atoms with van der Waals surface area (Å²) in [4.78, 5) is 0. The maximum atomic E-state index is 11.6. The highest BCUT2D eigenvalue weighted by molar-refractivity contribution is 7.91. The number of nitrogens with two attached hydrogens (primary N) is 1. The lowest BCUT2D eigenvalue weighted by Gasteiger charge is -2.09. The molecule has 1 aliphatic heterocycles. The van der Waals surface area contributed by atoms with E-state index in [1.165, 1.54) is 0 Å². The highest BCUT2D eigenvalue weighted by atomic mass is 32.2. The predicted octanol–water partition coefficient (Wildman–Crippen LogP) is 0.175. The van der Waals surface area contributed by atoms with E-state index in [-0.39, 0.29) is 23.5 Å². The lowest BCUT2D eigenvalue weighted by Crippen LogP contribution is -2.24. The first-order valence-electron chi connectivity index (χ1n) is 5.03. The van der Waals surface area contributed by atoms with Crippen LogP contribution in [0.1, 0.15) is 19.8 Å². The first kappa shape index (κ1) is 11.9. The molecule has 0 aromatic rings. The van der Waals surface area contributed by atoms with Crippen LogP contribution in [0.2, 0.25) is 0 Å². The van der Waals surface area contributed by atoms with E-state index in [0.29, 0.717) is 19.6 Å². The summed E-state index contributed by atoms with van der Waals surface area (Å²) in [5.41, 5.74) is 5.52. The summed E-state index contributed by atoms with van der Waals surface area (Å²) in [6.45, 7) is 3.12. The van der Waals surface area contributed by atoms with Gasteiger partial charge in [-0.15, -0.1) is 0 Å². The largest absolute Gasteiger partial charge is 0.381 e. The summed E-state index contributed by atoms with van der Waals surface area (Å²) in [5.74, 6) is 0.675. The van der Waals surface area contributed by atoms with Crippen LogP contribution in [-0.4, -0.2) is 39.2 Å². The van der Waals surface area contributed by atoms with E-state index in [4.69, 9.17) is 10.5 Å². The van der Waals surface area contributed by atoms with Crippen molar-refractivity contribution in [2.75, 3.05) is 24.7 Å². The average Bonchev–Trinajstić information content (AvgIpc) is 2.53. The van der Waals surface area contributed by atoms with Crippen LogP contribution in [0.15, 0.2) is 0 Å². The van der Waals surface area contributed by atoms with Crippen molar-refractivity contribution in [3.8, 4) is 0 Å². The van der Waals surface area contributed by atoms with Gasteiger partial charge in [0.25, 0.3) is 0 Å². The van der Waals surface area contributed by atoms with E-state index in [1.54, 1.807) is 0 Å². The number of ether oxygens (including phenoxy) is 1. The third-order valence-electron chi connectivity index (χ3n) is 2.40. The maximum absolute atomic E-state index is 11.6. The summed E-state index contributed by atoms with van der Waals surface area (Å²) in [6.07, 6.45) is 1.42. The highest BCUT2D eigenvalue weighted by Gasteiger charge is 2.23. The highest BCUT2D eigenvalue weighted by Crippen LogP contribution is 2.15. The summed E-state index contributed by atoms with van der Waals surface area (Å²) in [6, 6.07) is -0.0374. The van der Waals surface area contributed by atoms with Gasteiger partial charge in [0.2, 0.25) is 0 Å². The molecule has 1 saturated heterocycles. The minimum absolute atomic E-state index is 0.0374. The van der Waals surface area contributed by atoms with Gasteiger partial charge < -0.3 is 10.5 Å². The molecule has 2 N–H and O–H groups in total. The van der Waals surface area contributed by atoms with Crippen molar-refractivity contribution in [1.29, 1.82) is 0 Å². The number of hydrogen-bond acceptors (Lipinski definition) is 4. The Hall–Kier alpha value is -0.130. The van der Waals surface area contributed by atoms with Gasteiger partial charge in [0.05, 0.1) is 18.1 Å². The standard InChI is InChI=1S/C9H19NO3S/c1-8(10)3-5-14(11,12)7-9-2-4-13-6-9/h8-9H,2-7,10H2,1H3. The van der Waals surface area contributed by atoms with Crippen molar-refractivity contribution in [1.82, 2.24) is 0 Å². The number of rotatable bonds is 5. The Labute approximate surface area is 85.7 Å². The number of hydrogen-bond donors (Lipinski definition) is 1. The maximum Gasteiger partial charge on any atom is 0.150 e. The van der Waals surface area contributed by atoms with Crippen LogP contribution in [0, 0.1) is 5.92 Å². The van der Waals surface area contributed by atoms with Gasteiger partial charge in [-0.2, -0.15) is 0 Å². The molecule has 0 bridgehead atoms. The predicted molar refractivity (Wildman–Crippen MR) is 55.8 cm³/mol. The molecule has 1 rings (SSSR count). The van der Waals surface area contributed by atoms with Crippen molar-refractivity contribution in [2.45, 2.75) is 25.8 Å². The fourth-order valence-electron chi connectivity index (χ4n) is 1.52. The second-order valence-corrected chi connectivity index (χ2v) is 6.34. The molecule has 0 amide bonds. The van der Waals surface area contributed by atoms with E-state index in [9.17, 15) is 8.42 Å². The van der Waals surface area contributed by atoms with Gasteiger partial charge in [-0.1, -0.05) is 0 Å². The quantitative estimate of drug-likeness (QED) is 0.718. The van der Waals surface area contributed by atoms with E-state index in [0.717, 1.165) is 6.42 Å². The second kappa shape index (κ2) is 5.09. The van der Waals surface area contributed by atoms with Crippen LogP contribution < -0.4 is 5.73 Å². The van der Waals surface area contributed by atoms with Crippen LogP contribution in [0.3, 0.4) is 0 Å². The van der Waals surface area contributed by atoms with E-state index < -0.39 is 9.84 Å². The summed E-state index contributed by atoms with van der Waals surface area (Å²) < 4.78 is 28.3. The summed E-state index contributed by atoms with van der Waals surface area (Å²) >= 11 is 0. The molecule has 0 aromatic carbocycles. The first-order valence-corrected chi connectivity index (χ1v) is 6.85. The molecule has 5 heteroatoms. The molecular weight excluding hydrogens is 202 g/mol. The molecule has 0 saturated carbocycles. The molecule has 0 radical (unpaired) electrons. The molecule has 0 aliphatic carbocycles. The molecule has 2 atom stereocenters. The fraction of sp³-hybridized carbons (Fsp3) is 1.00. The Morgan fingerprint density at radius 2 is 2.29 bits per heavy atom. The van der Waals surface area contributed by atoms with Crippen molar-refractivity contribution in [3.63, 3.8) is 0 Å². The van der Waals surface area contributed by atoms with Crippen molar-refractivity contribution in [3.05, 3.63) is 0 Å². The van der Waals surface area contributed by atoms with Gasteiger partial charge in [0, 0.05) is 12.6 Å². The molecule has 0 spiro atoms. The molecule has 1 heterocycles. The van der Waals surface area contributed by atoms with Crippen LogP contribution in [0.5, 0.6) is 0 Å². The van der Waals surface area contributed by atoms with E-state index >= 15 is 0 Å². The normalized spacial score (nSPS) is 25.1. The minimum Gasteiger partial charge on any atom is -0.381 e.